The molecule has 1 aliphatic heterocycles. The van der Waals surface area contributed by atoms with E-state index in [1.807, 2.05) is 0 Å². The lowest BCUT2D eigenvalue weighted by Crippen LogP contribution is -2.17. The molecule has 0 bridgehead atoms. The summed E-state index contributed by atoms with van der Waals surface area (Å²) in [6, 6.07) is 0. The van der Waals surface area contributed by atoms with Gasteiger partial charge in [0.25, 0.3) is 0 Å². The van der Waals surface area contributed by atoms with Gasteiger partial charge < -0.3 is 10.6 Å². The summed E-state index contributed by atoms with van der Waals surface area (Å²) in [5.41, 5.74) is 0. The van der Waals surface area contributed by atoms with Crippen LogP contribution in [0.4, 0.5) is 0 Å². The molecule has 76 valence electrons. The maximum atomic E-state index is 3.32. The Balaban J connectivity index is 2.21. The van der Waals surface area contributed by atoms with Crippen LogP contribution >= 0.6 is 0 Å². The first-order chi connectivity index (χ1) is 7.00. The predicted octanol–water partition coefficient (Wildman–Crippen LogP) is 0.746. The molecule has 0 aromatic rings. The average molecular weight is 190 g/mol. The zero-order valence-electron chi connectivity index (χ0n) is 8.66. The first-order valence-corrected chi connectivity index (χ1v) is 5.33. The fourth-order valence-electron chi connectivity index (χ4n) is 1.21. The van der Waals surface area contributed by atoms with E-state index >= 15 is 0 Å². The van der Waals surface area contributed by atoms with Gasteiger partial charge in [-0.05, 0) is 0 Å². The minimum absolute atomic E-state index is 0.952. The Bertz CT molecular complexity index is 201. The van der Waals surface area contributed by atoms with Crippen LogP contribution in [0.2, 0.25) is 0 Å². The molecular weight excluding hydrogens is 172 g/mol. The standard InChI is InChI=1S/C12H18N2/c1-2-6-10-14-12-8-4-3-7-11-13-9-5-1/h13-14H,5-12H2. The zero-order chi connectivity index (χ0) is 9.90. The molecule has 0 amide bonds. The molecule has 0 radical (unpaired) electrons. The van der Waals surface area contributed by atoms with E-state index in [1.54, 1.807) is 0 Å². The van der Waals surface area contributed by atoms with Crippen LogP contribution in [0.15, 0.2) is 0 Å². The summed E-state index contributed by atoms with van der Waals surface area (Å²) in [5.74, 6) is 12.6. The van der Waals surface area contributed by atoms with Gasteiger partial charge in [-0.1, -0.05) is 0 Å². The highest BCUT2D eigenvalue weighted by atomic mass is 14.8. The molecule has 0 spiro atoms. The second-order valence-corrected chi connectivity index (χ2v) is 3.21. The molecular formula is C12H18N2. The summed E-state index contributed by atoms with van der Waals surface area (Å²) in [6.07, 6.45) is 3.81. The Morgan fingerprint density at radius 2 is 0.786 bits per heavy atom. The van der Waals surface area contributed by atoms with Gasteiger partial charge in [-0.25, -0.2) is 0 Å². The molecule has 1 rings (SSSR count). The third kappa shape index (κ3) is 6.54. The number of hydrogen-bond acceptors (Lipinski definition) is 2. The summed E-state index contributed by atoms with van der Waals surface area (Å²) < 4.78 is 0. The van der Waals surface area contributed by atoms with Crippen molar-refractivity contribution in [1.82, 2.24) is 10.6 Å². The number of nitrogens with one attached hydrogen (secondary N) is 2. The molecule has 2 N–H and O–H groups in total. The largest absolute Gasteiger partial charge is 0.315 e. The highest BCUT2D eigenvalue weighted by Crippen LogP contribution is 1.81. The van der Waals surface area contributed by atoms with Gasteiger partial charge in [-0.3, -0.25) is 0 Å². The van der Waals surface area contributed by atoms with Crippen molar-refractivity contribution in [3.05, 3.63) is 0 Å². The van der Waals surface area contributed by atoms with E-state index < -0.39 is 0 Å². The lowest BCUT2D eigenvalue weighted by molar-refractivity contribution is 0.697. The van der Waals surface area contributed by atoms with Gasteiger partial charge in [0, 0.05) is 51.9 Å². The van der Waals surface area contributed by atoms with Crippen LogP contribution in [0, 0.1) is 23.7 Å². The molecule has 0 aliphatic carbocycles. The Labute approximate surface area is 86.8 Å². The lowest BCUT2D eigenvalue weighted by atomic mass is 10.3. The minimum Gasteiger partial charge on any atom is -0.315 e. The minimum atomic E-state index is 0.952. The topological polar surface area (TPSA) is 24.1 Å². The SMILES string of the molecule is C1#CCCNCCC#CCCNCC1. The molecule has 1 heterocycles. The van der Waals surface area contributed by atoms with Gasteiger partial charge in [0.2, 0.25) is 0 Å². The second kappa shape index (κ2) is 8.63. The number of hydrogen-bond donors (Lipinski definition) is 2. The van der Waals surface area contributed by atoms with E-state index in [0.29, 0.717) is 0 Å². The molecule has 2 nitrogen and oxygen atoms in total. The Hall–Kier alpha value is -0.960. The van der Waals surface area contributed by atoms with Crippen molar-refractivity contribution < 1.29 is 0 Å². The van der Waals surface area contributed by atoms with Crippen molar-refractivity contribution in [3.8, 4) is 23.7 Å². The first-order valence-electron chi connectivity index (χ1n) is 5.33. The summed E-state index contributed by atoms with van der Waals surface area (Å²) in [7, 11) is 0. The molecule has 0 atom stereocenters. The maximum Gasteiger partial charge on any atom is 0.0214 e. The molecule has 14 heavy (non-hydrogen) atoms. The van der Waals surface area contributed by atoms with Crippen molar-refractivity contribution in [2.24, 2.45) is 0 Å². The molecule has 0 aromatic carbocycles. The second-order valence-electron chi connectivity index (χ2n) is 3.21. The van der Waals surface area contributed by atoms with Gasteiger partial charge in [-0.2, -0.15) is 0 Å². The summed E-state index contributed by atoms with van der Waals surface area (Å²) >= 11 is 0. The summed E-state index contributed by atoms with van der Waals surface area (Å²) in [5, 5.41) is 6.64. The third-order valence-corrected chi connectivity index (χ3v) is 1.96. The summed E-state index contributed by atoms with van der Waals surface area (Å²) in [4.78, 5) is 0. The Morgan fingerprint density at radius 1 is 0.500 bits per heavy atom. The fourth-order valence-corrected chi connectivity index (χ4v) is 1.21. The highest BCUT2D eigenvalue weighted by molar-refractivity contribution is 5.01. The number of rotatable bonds is 0. The molecule has 2 heteroatoms. The highest BCUT2D eigenvalue weighted by Gasteiger charge is 1.86. The first kappa shape index (κ1) is 11.1. The van der Waals surface area contributed by atoms with E-state index in [0.717, 1.165) is 51.9 Å². The van der Waals surface area contributed by atoms with Crippen molar-refractivity contribution in [2.45, 2.75) is 25.7 Å². The van der Waals surface area contributed by atoms with Crippen molar-refractivity contribution in [3.63, 3.8) is 0 Å². The lowest BCUT2D eigenvalue weighted by Gasteiger charge is -1.99. The van der Waals surface area contributed by atoms with Crippen molar-refractivity contribution in [1.29, 1.82) is 0 Å². The Morgan fingerprint density at radius 3 is 1.07 bits per heavy atom. The van der Waals surface area contributed by atoms with E-state index in [-0.39, 0.29) is 0 Å². The Kier molecular flexibility index (Phi) is 6.85. The van der Waals surface area contributed by atoms with Crippen LogP contribution in [0.25, 0.3) is 0 Å². The van der Waals surface area contributed by atoms with Crippen molar-refractivity contribution in [2.75, 3.05) is 26.2 Å². The van der Waals surface area contributed by atoms with Gasteiger partial charge >= 0.3 is 0 Å². The molecule has 0 saturated carbocycles. The molecule has 1 aliphatic rings. The normalized spacial score (nSPS) is 19.4. The van der Waals surface area contributed by atoms with E-state index in [9.17, 15) is 0 Å². The van der Waals surface area contributed by atoms with Gasteiger partial charge in [-0.15, -0.1) is 23.7 Å². The molecule has 0 saturated heterocycles. The van der Waals surface area contributed by atoms with Crippen LogP contribution in [-0.4, -0.2) is 26.2 Å². The van der Waals surface area contributed by atoms with Gasteiger partial charge in [0.1, 0.15) is 0 Å². The molecule has 0 aromatic heterocycles. The monoisotopic (exact) mass is 190 g/mol. The molecule has 0 unspecified atom stereocenters. The quantitative estimate of drug-likeness (QED) is 0.551. The van der Waals surface area contributed by atoms with Crippen LogP contribution in [0.1, 0.15) is 25.7 Å². The maximum absolute atomic E-state index is 3.32. The zero-order valence-corrected chi connectivity index (χ0v) is 8.66. The van der Waals surface area contributed by atoms with E-state index in [4.69, 9.17) is 0 Å². The van der Waals surface area contributed by atoms with Gasteiger partial charge in [0.15, 0.2) is 0 Å². The van der Waals surface area contributed by atoms with Crippen LogP contribution in [0.5, 0.6) is 0 Å². The predicted molar refractivity (Wildman–Crippen MR) is 59.8 cm³/mol. The molecule has 0 fully saturated rings. The van der Waals surface area contributed by atoms with Gasteiger partial charge in [0.05, 0.1) is 0 Å². The van der Waals surface area contributed by atoms with Crippen LogP contribution in [-0.2, 0) is 0 Å². The third-order valence-electron chi connectivity index (χ3n) is 1.96. The van der Waals surface area contributed by atoms with E-state index in [1.165, 1.54) is 0 Å². The fraction of sp³-hybridized carbons (Fsp3) is 0.667. The summed E-state index contributed by atoms with van der Waals surface area (Å²) in [6.45, 7) is 3.95. The average Bonchev–Trinajstić information content (AvgIpc) is 2.22. The van der Waals surface area contributed by atoms with Crippen LogP contribution < -0.4 is 10.6 Å². The van der Waals surface area contributed by atoms with E-state index in [2.05, 4.69) is 34.3 Å². The van der Waals surface area contributed by atoms with Crippen LogP contribution in [0.3, 0.4) is 0 Å². The smallest absolute Gasteiger partial charge is 0.0214 e. The van der Waals surface area contributed by atoms with Crippen molar-refractivity contribution >= 4 is 0 Å².